The minimum Gasteiger partial charge on any atom is -0.461 e. The van der Waals surface area contributed by atoms with Gasteiger partial charge in [-0.25, -0.2) is 4.79 Å². The fourth-order valence-corrected chi connectivity index (χ4v) is 3.27. The van der Waals surface area contributed by atoms with E-state index in [4.69, 9.17) is 10.3 Å². The average molecular weight is 525 g/mol. The van der Waals surface area contributed by atoms with E-state index >= 15 is 0 Å². The molecule has 0 radical (unpaired) electrons. The van der Waals surface area contributed by atoms with Gasteiger partial charge < -0.3 is 31.5 Å². The minimum absolute atomic E-state index is 0.119. The Labute approximate surface area is 217 Å². The number of nitrogens with one attached hydrogen (secondary N) is 4. The molecule has 0 aromatic heterocycles. The Morgan fingerprint density at radius 1 is 0.838 bits per heavy atom. The molecule has 37 heavy (non-hydrogen) atoms. The van der Waals surface area contributed by atoms with E-state index < -0.39 is 53.7 Å². The zero-order chi connectivity index (χ0) is 28.5. The molecular formula is C24H40N6O7. The van der Waals surface area contributed by atoms with E-state index in [2.05, 4.69) is 26.1 Å². The van der Waals surface area contributed by atoms with Crippen LogP contribution in [0.4, 0.5) is 0 Å². The van der Waals surface area contributed by atoms with Crippen LogP contribution in [0.2, 0.25) is 0 Å². The monoisotopic (exact) mass is 524 g/mol. The highest BCUT2D eigenvalue weighted by Gasteiger charge is 2.31. The standard InChI is InChI=1S/C24H40N6O7/c1-14(2)21(28-17(6)32)23(35)29-19(9-7-8-12-26-16(5)31)22(34)30-20(24(36)37-15(3)4)11-10-18(33)13-27-25/h13-15,19-21H,7-12H2,1-6H3,(H,26,31)(H,28,32)(H,29,35)(H,30,34)/t19-,20-,21-/m0/s1. The third-order valence-corrected chi connectivity index (χ3v) is 5.07. The molecule has 0 heterocycles. The van der Waals surface area contributed by atoms with Gasteiger partial charge in [0.2, 0.25) is 29.4 Å². The summed E-state index contributed by atoms with van der Waals surface area (Å²) in [5.41, 5.74) is 8.52. The Morgan fingerprint density at radius 2 is 1.46 bits per heavy atom. The summed E-state index contributed by atoms with van der Waals surface area (Å²) in [7, 11) is 0. The van der Waals surface area contributed by atoms with Crippen LogP contribution in [0.15, 0.2) is 0 Å². The molecule has 0 spiro atoms. The lowest BCUT2D eigenvalue weighted by atomic mass is 10.0. The smallest absolute Gasteiger partial charge is 0.328 e. The molecule has 13 nitrogen and oxygen atoms in total. The lowest BCUT2D eigenvalue weighted by Crippen LogP contribution is -2.57. The summed E-state index contributed by atoms with van der Waals surface area (Å²) in [6.07, 6.45) is 1.07. The van der Waals surface area contributed by atoms with Gasteiger partial charge in [-0.3, -0.25) is 24.0 Å². The number of hydrogen-bond acceptors (Lipinski definition) is 7. The van der Waals surface area contributed by atoms with Crippen LogP contribution in [0.1, 0.15) is 73.6 Å². The number of esters is 1. The molecular weight excluding hydrogens is 484 g/mol. The molecule has 4 amide bonds. The first kappa shape index (κ1) is 33.4. The molecule has 0 bridgehead atoms. The number of amides is 4. The largest absolute Gasteiger partial charge is 0.461 e. The maximum atomic E-state index is 13.2. The summed E-state index contributed by atoms with van der Waals surface area (Å²) in [6.45, 7) is 9.80. The van der Waals surface area contributed by atoms with E-state index in [-0.39, 0.29) is 31.1 Å². The lowest BCUT2D eigenvalue weighted by molar-refractivity contribution is -0.152. The molecule has 0 unspecified atom stereocenters. The van der Waals surface area contributed by atoms with Crippen molar-refractivity contribution < 1.29 is 38.3 Å². The van der Waals surface area contributed by atoms with Gasteiger partial charge in [-0.05, 0) is 45.4 Å². The van der Waals surface area contributed by atoms with Crippen LogP contribution >= 0.6 is 0 Å². The summed E-state index contributed by atoms with van der Waals surface area (Å²) in [5, 5.41) is 10.4. The molecule has 0 aliphatic rings. The summed E-state index contributed by atoms with van der Waals surface area (Å²) in [5.74, 6) is -3.42. The third kappa shape index (κ3) is 15.2. The average Bonchev–Trinajstić information content (AvgIpc) is 2.77. The predicted molar refractivity (Wildman–Crippen MR) is 134 cm³/mol. The predicted octanol–water partition coefficient (Wildman–Crippen LogP) is 0.0246. The van der Waals surface area contributed by atoms with Crippen molar-refractivity contribution in [2.45, 2.75) is 97.9 Å². The van der Waals surface area contributed by atoms with Crippen LogP contribution in [0, 0.1) is 5.92 Å². The molecule has 0 aliphatic heterocycles. The molecule has 0 rings (SSSR count). The van der Waals surface area contributed by atoms with Gasteiger partial charge in [0.15, 0.2) is 0 Å². The van der Waals surface area contributed by atoms with Crippen molar-refractivity contribution in [3.63, 3.8) is 0 Å². The number of Topliss-reactive ketones (excluding diaryl/α,β-unsaturated/α-hetero) is 1. The first-order chi connectivity index (χ1) is 17.3. The maximum absolute atomic E-state index is 13.2. The minimum atomic E-state index is -1.19. The molecule has 208 valence electrons. The van der Waals surface area contributed by atoms with E-state index in [0.29, 0.717) is 25.6 Å². The Morgan fingerprint density at radius 3 is 1.97 bits per heavy atom. The second-order valence-electron chi connectivity index (χ2n) is 9.26. The lowest BCUT2D eigenvalue weighted by Gasteiger charge is -2.26. The van der Waals surface area contributed by atoms with Crippen molar-refractivity contribution in [2.24, 2.45) is 5.92 Å². The Bertz CT molecular complexity index is 868. The molecule has 0 saturated carbocycles. The second kappa shape index (κ2) is 17.8. The summed E-state index contributed by atoms with van der Waals surface area (Å²) in [4.78, 5) is 75.7. The van der Waals surface area contributed by atoms with Crippen LogP contribution in [-0.4, -0.2) is 77.2 Å². The quantitative estimate of drug-likeness (QED) is 0.0676. The van der Waals surface area contributed by atoms with Gasteiger partial charge in [0.1, 0.15) is 18.1 Å². The highest BCUT2D eigenvalue weighted by molar-refractivity contribution is 6.25. The van der Waals surface area contributed by atoms with Gasteiger partial charge in [0.25, 0.3) is 0 Å². The summed E-state index contributed by atoms with van der Waals surface area (Å²) >= 11 is 0. The number of ether oxygens (including phenoxy) is 1. The van der Waals surface area contributed by atoms with Gasteiger partial charge in [0, 0.05) is 26.8 Å². The number of carbonyl (C=O) groups excluding carboxylic acids is 6. The second-order valence-corrected chi connectivity index (χ2v) is 9.26. The zero-order valence-electron chi connectivity index (χ0n) is 22.5. The van der Waals surface area contributed by atoms with Gasteiger partial charge >= 0.3 is 12.2 Å². The summed E-state index contributed by atoms with van der Waals surface area (Å²) < 4.78 is 5.19. The van der Waals surface area contributed by atoms with E-state index in [1.54, 1.807) is 27.7 Å². The van der Waals surface area contributed by atoms with Crippen molar-refractivity contribution >= 4 is 41.6 Å². The number of unbranched alkanes of at least 4 members (excludes halogenated alkanes) is 1. The van der Waals surface area contributed by atoms with Crippen molar-refractivity contribution in [3.05, 3.63) is 5.53 Å². The van der Waals surface area contributed by atoms with Crippen LogP contribution in [0.5, 0.6) is 0 Å². The Balaban J connectivity index is 5.67. The molecule has 4 N–H and O–H groups in total. The van der Waals surface area contributed by atoms with Gasteiger partial charge in [-0.2, -0.15) is 4.79 Å². The molecule has 13 heteroatoms. The van der Waals surface area contributed by atoms with Crippen molar-refractivity contribution in [1.29, 1.82) is 0 Å². The number of carbonyl (C=O) groups is 6. The van der Waals surface area contributed by atoms with Crippen molar-refractivity contribution in [3.8, 4) is 0 Å². The molecule has 0 aromatic carbocycles. The normalized spacial score (nSPS) is 13.0. The maximum Gasteiger partial charge on any atom is 0.328 e. The SMILES string of the molecule is CC(=O)NCCCC[C@H](NC(=O)[C@@H](NC(C)=O)C(C)C)C(=O)N[C@@H](CCC(=O)C=[N+]=[N-])C(=O)OC(C)C. The number of ketones is 1. The van der Waals surface area contributed by atoms with Crippen LogP contribution in [0.25, 0.3) is 5.53 Å². The first-order valence-electron chi connectivity index (χ1n) is 12.3. The molecule has 0 aliphatic carbocycles. The van der Waals surface area contributed by atoms with E-state index in [1.807, 2.05) is 0 Å². The van der Waals surface area contributed by atoms with Gasteiger partial charge in [-0.1, -0.05) is 13.8 Å². The number of nitrogens with zero attached hydrogens (tertiary/aromatic N) is 2. The third-order valence-electron chi connectivity index (χ3n) is 5.07. The molecule has 0 saturated heterocycles. The van der Waals surface area contributed by atoms with Crippen molar-refractivity contribution in [1.82, 2.24) is 21.3 Å². The van der Waals surface area contributed by atoms with Crippen LogP contribution in [0.3, 0.4) is 0 Å². The van der Waals surface area contributed by atoms with Crippen molar-refractivity contribution in [2.75, 3.05) is 6.54 Å². The molecule has 3 atom stereocenters. The highest BCUT2D eigenvalue weighted by Crippen LogP contribution is 2.09. The zero-order valence-corrected chi connectivity index (χ0v) is 22.5. The Hall–Kier alpha value is -3.60. The van der Waals surface area contributed by atoms with E-state index in [9.17, 15) is 28.8 Å². The summed E-state index contributed by atoms with van der Waals surface area (Å²) in [6, 6.07) is -3.14. The Kier molecular flexibility index (Phi) is 16.0. The van der Waals surface area contributed by atoms with Crippen LogP contribution in [-0.2, 0) is 33.5 Å². The molecule has 0 fully saturated rings. The topological polar surface area (TPSA) is 196 Å². The van der Waals surface area contributed by atoms with E-state index in [1.165, 1.54) is 13.8 Å². The molecule has 0 aromatic rings. The highest BCUT2D eigenvalue weighted by atomic mass is 16.5. The first-order valence-corrected chi connectivity index (χ1v) is 12.3. The van der Waals surface area contributed by atoms with Crippen LogP contribution < -0.4 is 21.3 Å². The van der Waals surface area contributed by atoms with Gasteiger partial charge in [-0.15, -0.1) is 0 Å². The number of rotatable bonds is 17. The number of hydrogen-bond donors (Lipinski definition) is 4. The van der Waals surface area contributed by atoms with E-state index in [0.717, 1.165) is 0 Å². The fraction of sp³-hybridized carbons (Fsp3) is 0.708. The van der Waals surface area contributed by atoms with Gasteiger partial charge in [0.05, 0.1) is 6.10 Å². The fourth-order valence-electron chi connectivity index (χ4n) is 3.27.